The van der Waals surface area contributed by atoms with Gasteiger partial charge >= 0.3 is 0 Å². The van der Waals surface area contributed by atoms with Crippen molar-refractivity contribution in [2.24, 2.45) is 0 Å². The van der Waals surface area contributed by atoms with Gasteiger partial charge in [-0.3, -0.25) is 0 Å². The molecule has 1 saturated heterocycles. The first-order valence-corrected chi connectivity index (χ1v) is 9.71. The van der Waals surface area contributed by atoms with Crippen molar-refractivity contribution in [2.75, 3.05) is 12.4 Å². The van der Waals surface area contributed by atoms with Crippen LogP contribution in [0.2, 0.25) is 0 Å². The minimum absolute atomic E-state index is 0.406. The zero-order valence-corrected chi connectivity index (χ0v) is 13.8. The lowest BCUT2D eigenvalue weighted by Gasteiger charge is -2.22. The van der Waals surface area contributed by atoms with Crippen LogP contribution in [0.25, 0.3) is 10.2 Å². The highest BCUT2D eigenvalue weighted by atomic mass is 32.2. The smallest absolute Gasteiger partial charge is 0.128 e. The molecular formula is C16H20N2OS2. The third-order valence-corrected chi connectivity index (χ3v) is 6.72. The average Bonchev–Trinajstić information content (AvgIpc) is 2.93. The zero-order chi connectivity index (χ0) is 14.1. The van der Waals surface area contributed by atoms with Gasteiger partial charge in [0.05, 0.1) is 6.10 Å². The summed E-state index contributed by atoms with van der Waals surface area (Å²) in [6, 6.07) is 0. The van der Waals surface area contributed by atoms with Gasteiger partial charge in [-0.2, -0.15) is 0 Å². The summed E-state index contributed by atoms with van der Waals surface area (Å²) in [7, 11) is 0. The molecule has 0 saturated carbocycles. The molecule has 0 amide bonds. The molecular weight excluding hydrogens is 300 g/mol. The highest BCUT2D eigenvalue weighted by molar-refractivity contribution is 7.99. The van der Waals surface area contributed by atoms with Gasteiger partial charge in [-0.05, 0) is 50.5 Å². The second-order valence-electron chi connectivity index (χ2n) is 5.87. The van der Waals surface area contributed by atoms with Crippen molar-refractivity contribution in [2.45, 2.75) is 56.1 Å². The van der Waals surface area contributed by atoms with Crippen LogP contribution >= 0.6 is 23.1 Å². The van der Waals surface area contributed by atoms with Gasteiger partial charge in [0.15, 0.2) is 0 Å². The Labute approximate surface area is 133 Å². The number of hydrogen-bond donors (Lipinski definition) is 0. The van der Waals surface area contributed by atoms with Gasteiger partial charge in [-0.25, -0.2) is 9.97 Å². The summed E-state index contributed by atoms with van der Waals surface area (Å²) in [4.78, 5) is 11.8. The number of thiophene rings is 1. The van der Waals surface area contributed by atoms with E-state index in [1.54, 1.807) is 11.2 Å². The van der Waals surface area contributed by atoms with E-state index in [9.17, 15) is 0 Å². The van der Waals surface area contributed by atoms with E-state index in [4.69, 9.17) is 4.74 Å². The van der Waals surface area contributed by atoms with Crippen LogP contribution in [-0.2, 0) is 17.6 Å². The molecule has 112 valence electrons. The van der Waals surface area contributed by atoms with Crippen LogP contribution in [0.4, 0.5) is 0 Å². The Kier molecular flexibility index (Phi) is 4.14. The maximum Gasteiger partial charge on any atom is 0.128 e. The van der Waals surface area contributed by atoms with E-state index >= 15 is 0 Å². The Bertz CT molecular complexity index is 634. The molecule has 4 rings (SSSR count). The Balaban J connectivity index is 1.60. The summed E-state index contributed by atoms with van der Waals surface area (Å²) in [6.07, 6.45) is 10.9. The van der Waals surface area contributed by atoms with Crippen LogP contribution in [0.3, 0.4) is 0 Å². The zero-order valence-electron chi connectivity index (χ0n) is 12.1. The molecule has 0 aromatic carbocycles. The molecule has 1 fully saturated rings. The van der Waals surface area contributed by atoms with E-state index in [1.807, 2.05) is 23.1 Å². The second-order valence-corrected chi connectivity index (χ2v) is 7.96. The summed E-state index contributed by atoms with van der Waals surface area (Å²) < 4.78 is 5.84. The Morgan fingerprint density at radius 2 is 2.14 bits per heavy atom. The summed E-state index contributed by atoms with van der Waals surface area (Å²) >= 11 is 3.74. The molecule has 5 heteroatoms. The SMILES string of the molecule is c1nc(SC[C@@H]2CCCCO2)c2c3c(sc2n1)CCCC3. The molecule has 2 aliphatic rings. The first kappa shape index (κ1) is 14.0. The Hall–Kier alpha value is -0.650. The largest absolute Gasteiger partial charge is 0.377 e. The van der Waals surface area contributed by atoms with E-state index in [-0.39, 0.29) is 0 Å². The molecule has 0 unspecified atom stereocenters. The van der Waals surface area contributed by atoms with Crippen molar-refractivity contribution in [1.29, 1.82) is 0 Å². The quantitative estimate of drug-likeness (QED) is 0.626. The minimum Gasteiger partial charge on any atom is -0.377 e. The molecule has 1 aliphatic carbocycles. The topological polar surface area (TPSA) is 35.0 Å². The lowest BCUT2D eigenvalue weighted by molar-refractivity contribution is 0.0315. The summed E-state index contributed by atoms with van der Waals surface area (Å²) in [5.74, 6) is 1.02. The number of aromatic nitrogens is 2. The second kappa shape index (κ2) is 6.23. The standard InChI is InChI=1S/C16H20N2OS2/c1-2-7-13-12(6-1)14-15(17-10-18-16(14)21-13)20-9-11-5-3-4-8-19-11/h10-11H,1-9H2/t11-/m0/s1. The van der Waals surface area contributed by atoms with E-state index in [2.05, 4.69) is 9.97 Å². The lowest BCUT2D eigenvalue weighted by atomic mass is 9.97. The van der Waals surface area contributed by atoms with Gasteiger partial charge in [-0.15, -0.1) is 23.1 Å². The third kappa shape index (κ3) is 2.83. The average molecular weight is 320 g/mol. The molecule has 21 heavy (non-hydrogen) atoms. The number of thioether (sulfide) groups is 1. The third-order valence-electron chi connectivity index (χ3n) is 4.40. The van der Waals surface area contributed by atoms with Gasteiger partial charge in [0.2, 0.25) is 0 Å². The van der Waals surface area contributed by atoms with E-state index in [1.165, 1.54) is 65.8 Å². The van der Waals surface area contributed by atoms with Crippen LogP contribution < -0.4 is 0 Å². The maximum atomic E-state index is 5.84. The number of aryl methyl sites for hydroxylation is 2. The van der Waals surface area contributed by atoms with Crippen LogP contribution in [0.15, 0.2) is 11.4 Å². The molecule has 0 radical (unpaired) electrons. The van der Waals surface area contributed by atoms with Crippen molar-refractivity contribution >= 4 is 33.3 Å². The minimum atomic E-state index is 0.406. The van der Waals surface area contributed by atoms with Crippen molar-refractivity contribution in [3.05, 3.63) is 16.8 Å². The van der Waals surface area contributed by atoms with E-state index in [0.717, 1.165) is 12.4 Å². The summed E-state index contributed by atoms with van der Waals surface area (Å²) in [5, 5.41) is 2.52. The molecule has 0 spiro atoms. The van der Waals surface area contributed by atoms with E-state index < -0.39 is 0 Å². The van der Waals surface area contributed by atoms with Crippen LogP contribution in [0.5, 0.6) is 0 Å². The van der Waals surface area contributed by atoms with Gasteiger partial charge in [0.25, 0.3) is 0 Å². The highest BCUT2D eigenvalue weighted by Crippen LogP contribution is 2.39. The molecule has 2 aromatic heterocycles. The van der Waals surface area contributed by atoms with E-state index in [0.29, 0.717) is 6.10 Å². The predicted molar refractivity (Wildman–Crippen MR) is 88.4 cm³/mol. The van der Waals surface area contributed by atoms with Gasteiger partial charge < -0.3 is 4.74 Å². The fraction of sp³-hybridized carbons (Fsp3) is 0.625. The first-order chi connectivity index (χ1) is 10.4. The number of nitrogens with zero attached hydrogens (tertiary/aromatic N) is 2. The molecule has 3 nitrogen and oxygen atoms in total. The molecule has 1 aliphatic heterocycles. The van der Waals surface area contributed by atoms with Gasteiger partial charge in [0.1, 0.15) is 16.2 Å². The maximum absolute atomic E-state index is 5.84. The fourth-order valence-electron chi connectivity index (χ4n) is 3.28. The van der Waals surface area contributed by atoms with Gasteiger partial charge in [-0.1, -0.05) is 0 Å². The van der Waals surface area contributed by atoms with Gasteiger partial charge in [0, 0.05) is 22.6 Å². The predicted octanol–water partition coefficient (Wildman–Crippen LogP) is 4.23. The Morgan fingerprint density at radius 3 is 3.05 bits per heavy atom. The summed E-state index contributed by atoms with van der Waals surface area (Å²) in [5.41, 5.74) is 1.54. The molecule has 0 bridgehead atoms. The van der Waals surface area contributed by atoms with Crippen LogP contribution in [0, 0.1) is 0 Å². The van der Waals surface area contributed by atoms with Crippen molar-refractivity contribution in [1.82, 2.24) is 9.97 Å². The number of hydrogen-bond acceptors (Lipinski definition) is 5. The Morgan fingerprint density at radius 1 is 1.19 bits per heavy atom. The lowest BCUT2D eigenvalue weighted by Crippen LogP contribution is -2.21. The monoisotopic (exact) mass is 320 g/mol. The number of fused-ring (bicyclic) bond motifs is 3. The van der Waals surface area contributed by atoms with Crippen molar-refractivity contribution < 1.29 is 4.74 Å². The summed E-state index contributed by atoms with van der Waals surface area (Å²) in [6.45, 7) is 0.929. The highest BCUT2D eigenvalue weighted by Gasteiger charge is 2.21. The number of ether oxygens (including phenoxy) is 1. The van der Waals surface area contributed by atoms with Crippen molar-refractivity contribution in [3.63, 3.8) is 0 Å². The fourth-order valence-corrected chi connectivity index (χ4v) is 5.67. The first-order valence-electron chi connectivity index (χ1n) is 7.91. The normalized spacial score (nSPS) is 22.4. The number of rotatable bonds is 3. The molecule has 3 heterocycles. The van der Waals surface area contributed by atoms with Crippen LogP contribution in [0.1, 0.15) is 42.5 Å². The molecule has 1 atom stereocenters. The molecule has 0 N–H and O–H groups in total. The van der Waals surface area contributed by atoms with Crippen molar-refractivity contribution in [3.8, 4) is 0 Å². The van der Waals surface area contributed by atoms with Crippen LogP contribution in [-0.4, -0.2) is 28.4 Å². The molecule has 2 aromatic rings.